The Labute approximate surface area is 85.8 Å². The first-order valence-electron chi connectivity index (χ1n) is 5.26. The monoisotopic (exact) mass is 199 g/mol. The number of carbonyl (C=O) groups excluding carboxylic acids is 1. The summed E-state index contributed by atoms with van der Waals surface area (Å²) in [6, 6.07) is 0.426. The predicted octanol–water partition coefficient (Wildman–Crippen LogP) is -0.0659. The molecule has 14 heavy (non-hydrogen) atoms. The van der Waals surface area contributed by atoms with Gasteiger partial charge in [-0.05, 0) is 20.3 Å². The average Bonchev–Trinajstić information content (AvgIpc) is 2.15. The highest BCUT2D eigenvalue weighted by Gasteiger charge is 2.30. The minimum Gasteiger partial charge on any atom is -0.338 e. The van der Waals surface area contributed by atoms with Crippen molar-refractivity contribution < 1.29 is 4.79 Å². The number of amides is 1. The van der Waals surface area contributed by atoms with Crippen LogP contribution in [0.15, 0.2) is 0 Å². The van der Waals surface area contributed by atoms with Gasteiger partial charge in [-0.1, -0.05) is 6.92 Å². The summed E-state index contributed by atoms with van der Waals surface area (Å²) in [4.78, 5) is 13.7. The third-order valence-corrected chi connectivity index (χ3v) is 2.59. The van der Waals surface area contributed by atoms with Gasteiger partial charge in [0.15, 0.2) is 0 Å². The molecule has 1 heterocycles. The van der Waals surface area contributed by atoms with Crippen molar-refractivity contribution in [3.05, 3.63) is 0 Å². The summed E-state index contributed by atoms with van der Waals surface area (Å²) in [6.07, 6.45) is 1.05. The van der Waals surface area contributed by atoms with E-state index >= 15 is 0 Å². The van der Waals surface area contributed by atoms with E-state index in [9.17, 15) is 4.79 Å². The van der Waals surface area contributed by atoms with Crippen LogP contribution < -0.4 is 11.1 Å². The fraction of sp³-hybridized carbons (Fsp3) is 0.900. The molecule has 1 aliphatic rings. The van der Waals surface area contributed by atoms with E-state index < -0.39 is 5.54 Å². The Hall–Kier alpha value is -0.610. The highest BCUT2D eigenvalue weighted by Crippen LogP contribution is 2.08. The van der Waals surface area contributed by atoms with Crippen molar-refractivity contribution in [2.24, 2.45) is 5.73 Å². The highest BCUT2D eigenvalue weighted by atomic mass is 16.2. The smallest absolute Gasteiger partial charge is 0.242 e. The van der Waals surface area contributed by atoms with Gasteiger partial charge in [-0.3, -0.25) is 4.79 Å². The molecule has 0 spiro atoms. The van der Waals surface area contributed by atoms with Crippen LogP contribution in [0.1, 0.15) is 27.2 Å². The van der Waals surface area contributed by atoms with Gasteiger partial charge in [0, 0.05) is 25.7 Å². The van der Waals surface area contributed by atoms with E-state index in [1.165, 1.54) is 0 Å². The van der Waals surface area contributed by atoms with E-state index in [1.54, 1.807) is 13.8 Å². The Kier molecular flexibility index (Phi) is 3.50. The summed E-state index contributed by atoms with van der Waals surface area (Å²) >= 11 is 0. The second kappa shape index (κ2) is 4.28. The van der Waals surface area contributed by atoms with Crippen molar-refractivity contribution in [3.8, 4) is 0 Å². The van der Waals surface area contributed by atoms with Gasteiger partial charge < -0.3 is 16.0 Å². The van der Waals surface area contributed by atoms with Crippen molar-refractivity contribution in [2.45, 2.75) is 38.8 Å². The first kappa shape index (κ1) is 11.5. The van der Waals surface area contributed by atoms with E-state index in [0.717, 1.165) is 26.1 Å². The predicted molar refractivity (Wildman–Crippen MR) is 56.9 cm³/mol. The molecule has 1 aliphatic heterocycles. The molecule has 0 aromatic carbocycles. The van der Waals surface area contributed by atoms with E-state index in [2.05, 4.69) is 12.2 Å². The Morgan fingerprint density at radius 3 is 2.79 bits per heavy atom. The molecule has 0 aromatic rings. The number of hydrogen-bond donors (Lipinski definition) is 2. The largest absolute Gasteiger partial charge is 0.338 e. The molecular weight excluding hydrogens is 178 g/mol. The third-order valence-electron chi connectivity index (χ3n) is 2.59. The minimum atomic E-state index is -0.740. The van der Waals surface area contributed by atoms with Crippen LogP contribution in [0.4, 0.5) is 0 Å². The van der Waals surface area contributed by atoms with Crippen LogP contribution in [0.25, 0.3) is 0 Å². The van der Waals surface area contributed by atoms with Gasteiger partial charge in [0.25, 0.3) is 0 Å². The fourth-order valence-corrected chi connectivity index (χ4v) is 1.69. The molecule has 82 valence electrons. The van der Waals surface area contributed by atoms with Crippen LogP contribution in [0, 0.1) is 0 Å². The summed E-state index contributed by atoms with van der Waals surface area (Å²) in [7, 11) is 0. The fourth-order valence-electron chi connectivity index (χ4n) is 1.69. The second-order valence-corrected chi connectivity index (χ2v) is 4.53. The number of nitrogens with zero attached hydrogens (tertiary/aromatic N) is 1. The molecule has 0 radical (unpaired) electrons. The van der Waals surface area contributed by atoms with Crippen LogP contribution in [-0.4, -0.2) is 42.0 Å². The molecule has 1 rings (SSSR count). The number of nitrogens with one attached hydrogen (secondary N) is 1. The lowest BCUT2D eigenvalue weighted by Crippen LogP contribution is -2.59. The van der Waals surface area contributed by atoms with Gasteiger partial charge in [0.1, 0.15) is 0 Å². The number of nitrogens with two attached hydrogens (primary N) is 1. The van der Waals surface area contributed by atoms with Gasteiger partial charge in [-0.2, -0.15) is 0 Å². The summed E-state index contributed by atoms with van der Waals surface area (Å²) in [5.74, 6) is 0.0532. The second-order valence-electron chi connectivity index (χ2n) is 4.53. The molecule has 1 fully saturated rings. The summed E-state index contributed by atoms with van der Waals surface area (Å²) in [6.45, 7) is 8.09. The zero-order chi connectivity index (χ0) is 10.8. The van der Waals surface area contributed by atoms with E-state index in [0.29, 0.717) is 6.04 Å². The van der Waals surface area contributed by atoms with Crippen LogP contribution in [0.5, 0.6) is 0 Å². The normalized spacial score (nSPS) is 23.7. The molecule has 1 amide bonds. The Morgan fingerprint density at radius 2 is 2.29 bits per heavy atom. The molecule has 4 heteroatoms. The molecule has 0 aromatic heterocycles. The average molecular weight is 199 g/mol. The number of rotatable bonds is 2. The lowest BCUT2D eigenvalue weighted by Gasteiger charge is -2.36. The van der Waals surface area contributed by atoms with Crippen molar-refractivity contribution in [2.75, 3.05) is 19.6 Å². The minimum absolute atomic E-state index is 0.0532. The van der Waals surface area contributed by atoms with E-state index in [4.69, 9.17) is 5.73 Å². The van der Waals surface area contributed by atoms with Crippen LogP contribution in [0.3, 0.4) is 0 Å². The highest BCUT2D eigenvalue weighted by molar-refractivity contribution is 5.85. The number of piperazine rings is 1. The van der Waals surface area contributed by atoms with Crippen LogP contribution >= 0.6 is 0 Å². The zero-order valence-electron chi connectivity index (χ0n) is 9.34. The summed E-state index contributed by atoms with van der Waals surface area (Å²) in [5.41, 5.74) is 5.04. The molecule has 1 atom stereocenters. The van der Waals surface area contributed by atoms with E-state index in [-0.39, 0.29) is 5.91 Å². The molecule has 0 saturated carbocycles. The topological polar surface area (TPSA) is 58.4 Å². The Balaban J connectivity index is 2.56. The van der Waals surface area contributed by atoms with Gasteiger partial charge in [-0.25, -0.2) is 0 Å². The van der Waals surface area contributed by atoms with Crippen molar-refractivity contribution in [1.29, 1.82) is 0 Å². The lowest BCUT2D eigenvalue weighted by atomic mass is 10.0. The molecular formula is C10H21N3O. The molecule has 0 aliphatic carbocycles. The first-order chi connectivity index (χ1) is 6.45. The van der Waals surface area contributed by atoms with E-state index in [1.807, 2.05) is 4.90 Å². The number of hydrogen-bond acceptors (Lipinski definition) is 3. The maximum Gasteiger partial charge on any atom is 0.242 e. The Morgan fingerprint density at radius 1 is 1.64 bits per heavy atom. The van der Waals surface area contributed by atoms with Gasteiger partial charge in [0.2, 0.25) is 5.91 Å². The summed E-state index contributed by atoms with van der Waals surface area (Å²) in [5, 5.41) is 3.37. The third kappa shape index (κ3) is 2.69. The standard InChI is InChI=1S/C10H21N3O/c1-4-8-7-13(6-5-12-8)9(14)10(2,3)11/h8,12H,4-7,11H2,1-3H3. The molecule has 1 unspecified atom stereocenters. The van der Waals surface area contributed by atoms with Gasteiger partial charge in [-0.15, -0.1) is 0 Å². The lowest BCUT2D eigenvalue weighted by molar-refractivity contribution is -0.137. The first-order valence-corrected chi connectivity index (χ1v) is 5.26. The van der Waals surface area contributed by atoms with Crippen molar-refractivity contribution >= 4 is 5.91 Å². The molecule has 3 N–H and O–H groups in total. The molecule has 4 nitrogen and oxygen atoms in total. The van der Waals surface area contributed by atoms with Gasteiger partial charge in [0.05, 0.1) is 5.54 Å². The summed E-state index contributed by atoms with van der Waals surface area (Å²) < 4.78 is 0. The molecule has 1 saturated heterocycles. The van der Waals surface area contributed by atoms with Crippen LogP contribution in [0.2, 0.25) is 0 Å². The SMILES string of the molecule is CCC1CN(C(=O)C(C)(C)N)CCN1. The Bertz CT molecular complexity index is 210. The number of carbonyl (C=O) groups is 1. The maximum atomic E-state index is 11.9. The molecule has 0 bridgehead atoms. The quantitative estimate of drug-likeness (QED) is 0.655. The van der Waals surface area contributed by atoms with Crippen molar-refractivity contribution in [3.63, 3.8) is 0 Å². The van der Waals surface area contributed by atoms with Crippen molar-refractivity contribution in [1.82, 2.24) is 10.2 Å². The van der Waals surface area contributed by atoms with Crippen LogP contribution in [-0.2, 0) is 4.79 Å². The zero-order valence-corrected chi connectivity index (χ0v) is 9.34. The van der Waals surface area contributed by atoms with Gasteiger partial charge >= 0.3 is 0 Å². The maximum absolute atomic E-state index is 11.9.